The number of nitrogens with zero attached hydrogens (tertiary/aromatic N) is 1. The number of piperidine rings is 1. The standard InChI is InChI=1S/C11H18N4O3/c1-11(7-3-2-4-13-5-7)9(17)15(6-8(12)16)10(18)14-11/h7,13H,2-6H2,1H3,(H2,12,16)(H,14,18). The van der Waals surface area contributed by atoms with Crippen LogP contribution < -0.4 is 16.4 Å². The fourth-order valence-electron chi connectivity index (χ4n) is 2.64. The average Bonchev–Trinajstić information content (AvgIpc) is 2.55. The van der Waals surface area contributed by atoms with Gasteiger partial charge in [0.1, 0.15) is 12.1 Å². The van der Waals surface area contributed by atoms with E-state index in [4.69, 9.17) is 5.73 Å². The van der Waals surface area contributed by atoms with E-state index in [1.807, 2.05) is 0 Å². The Hall–Kier alpha value is -1.63. The van der Waals surface area contributed by atoms with Gasteiger partial charge in [-0.15, -0.1) is 0 Å². The molecule has 2 atom stereocenters. The zero-order chi connectivity index (χ0) is 13.3. The minimum atomic E-state index is -0.931. The van der Waals surface area contributed by atoms with E-state index in [0.717, 1.165) is 24.3 Å². The number of rotatable bonds is 3. The van der Waals surface area contributed by atoms with Crippen molar-refractivity contribution in [2.24, 2.45) is 11.7 Å². The summed E-state index contributed by atoms with van der Waals surface area (Å²) in [5.74, 6) is -1.01. The summed E-state index contributed by atoms with van der Waals surface area (Å²) < 4.78 is 0. The zero-order valence-electron chi connectivity index (χ0n) is 10.4. The highest BCUT2D eigenvalue weighted by Crippen LogP contribution is 2.30. The van der Waals surface area contributed by atoms with Crippen molar-refractivity contribution < 1.29 is 14.4 Å². The molecule has 2 unspecified atom stereocenters. The van der Waals surface area contributed by atoms with Gasteiger partial charge in [-0.05, 0) is 26.3 Å². The quantitative estimate of drug-likeness (QED) is 0.549. The molecule has 0 radical (unpaired) electrons. The molecule has 0 aliphatic carbocycles. The number of hydrogen-bond donors (Lipinski definition) is 3. The van der Waals surface area contributed by atoms with Gasteiger partial charge >= 0.3 is 6.03 Å². The van der Waals surface area contributed by atoms with Crippen molar-refractivity contribution >= 4 is 17.8 Å². The number of nitrogens with one attached hydrogen (secondary N) is 2. The first-order valence-corrected chi connectivity index (χ1v) is 6.08. The highest BCUT2D eigenvalue weighted by atomic mass is 16.2. The fraction of sp³-hybridized carbons (Fsp3) is 0.727. The van der Waals surface area contributed by atoms with Gasteiger partial charge in [0.2, 0.25) is 5.91 Å². The molecule has 100 valence electrons. The van der Waals surface area contributed by atoms with E-state index in [1.165, 1.54) is 0 Å². The van der Waals surface area contributed by atoms with Crippen LogP contribution in [0.5, 0.6) is 0 Å². The van der Waals surface area contributed by atoms with Crippen molar-refractivity contribution in [2.75, 3.05) is 19.6 Å². The lowest BCUT2D eigenvalue weighted by atomic mass is 9.80. The molecule has 2 fully saturated rings. The van der Waals surface area contributed by atoms with E-state index < -0.39 is 17.5 Å². The Morgan fingerprint density at radius 2 is 2.28 bits per heavy atom. The average molecular weight is 254 g/mol. The molecule has 4 N–H and O–H groups in total. The van der Waals surface area contributed by atoms with Crippen LogP contribution in [-0.2, 0) is 9.59 Å². The first-order chi connectivity index (χ1) is 8.45. The van der Waals surface area contributed by atoms with Crippen LogP contribution in [0.1, 0.15) is 19.8 Å². The third-order valence-electron chi connectivity index (χ3n) is 3.73. The van der Waals surface area contributed by atoms with Gasteiger partial charge in [-0.2, -0.15) is 0 Å². The Balaban J connectivity index is 2.16. The SMILES string of the molecule is CC1(C2CCCNC2)NC(=O)N(CC(N)=O)C1=O. The second-order valence-electron chi connectivity index (χ2n) is 5.03. The number of carbonyl (C=O) groups is 3. The van der Waals surface area contributed by atoms with Gasteiger partial charge < -0.3 is 16.4 Å². The molecule has 2 rings (SSSR count). The molecule has 0 bridgehead atoms. The molecular weight excluding hydrogens is 236 g/mol. The van der Waals surface area contributed by atoms with Crippen LogP contribution in [0.4, 0.5) is 4.79 Å². The smallest absolute Gasteiger partial charge is 0.325 e. The van der Waals surface area contributed by atoms with Crippen LogP contribution in [-0.4, -0.2) is 47.9 Å². The largest absolute Gasteiger partial charge is 0.368 e. The lowest BCUT2D eigenvalue weighted by molar-refractivity contribution is -0.135. The minimum absolute atomic E-state index is 0.0422. The maximum Gasteiger partial charge on any atom is 0.325 e. The number of primary amides is 1. The third kappa shape index (κ3) is 2.05. The first-order valence-electron chi connectivity index (χ1n) is 6.08. The predicted molar refractivity (Wildman–Crippen MR) is 63.4 cm³/mol. The molecule has 0 aromatic rings. The molecule has 4 amide bonds. The van der Waals surface area contributed by atoms with Crippen LogP contribution in [0.2, 0.25) is 0 Å². The summed E-state index contributed by atoms with van der Waals surface area (Å²) in [7, 11) is 0. The highest BCUT2D eigenvalue weighted by molar-refractivity contribution is 6.08. The maximum atomic E-state index is 12.3. The van der Waals surface area contributed by atoms with Crippen molar-refractivity contribution in [1.29, 1.82) is 0 Å². The molecule has 7 nitrogen and oxygen atoms in total. The number of imide groups is 1. The Morgan fingerprint density at radius 1 is 1.56 bits per heavy atom. The Labute approximate surface area is 105 Å². The molecule has 0 spiro atoms. The lowest BCUT2D eigenvalue weighted by Crippen LogP contribution is -2.55. The topological polar surface area (TPSA) is 105 Å². The van der Waals surface area contributed by atoms with Crippen LogP contribution in [0.15, 0.2) is 0 Å². The molecule has 18 heavy (non-hydrogen) atoms. The van der Waals surface area contributed by atoms with E-state index in [-0.39, 0.29) is 18.4 Å². The van der Waals surface area contributed by atoms with E-state index in [9.17, 15) is 14.4 Å². The summed E-state index contributed by atoms with van der Waals surface area (Å²) in [6.07, 6.45) is 1.85. The number of urea groups is 1. The van der Waals surface area contributed by atoms with Gasteiger partial charge in [-0.3, -0.25) is 14.5 Å². The molecule has 0 aromatic heterocycles. The number of hydrogen-bond acceptors (Lipinski definition) is 4. The van der Waals surface area contributed by atoms with Crippen molar-refractivity contribution in [2.45, 2.75) is 25.3 Å². The Morgan fingerprint density at radius 3 is 2.83 bits per heavy atom. The van der Waals surface area contributed by atoms with Gasteiger partial charge in [0.05, 0.1) is 0 Å². The number of nitrogens with two attached hydrogens (primary N) is 1. The lowest BCUT2D eigenvalue weighted by Gasteiger charge is -2.34. The minimum Gasteiger partial charge on any atom is -0.368 e. The maximum absolute atomic E-state index is 12.3. The Bertz CT molecular complexity index is 392. The van der Waals surface area contributed by atoms with Gasteiger partial charge in [-0.25, -0.2) is 4.79 Å². The van der Waals surface area contributed by atoms with Crippen molar-refractivity contribution in [3.05, 3.63) is 0 Å². The number of carbonyl (C=O) groups excluding carboxylic acids is 3. The molecule has 0 aromatic carbocycles. The van der Waals surface area contributed by atoms with Gasteiger partial charge in [0.25, 0.3) is 5.91 Å². The second kappa shape index (κ2) is 4.56. The molecule has 7 heteroatoms. The van der Waals surface area contributed by atoms with E-state index in [2.05, 4.69) is 10.6 Å². The zero-order valence-corrected chi connectivity index (χ0v) is 10.4. The Kier molecular flexibility index (Phi) is 3.25. The van der Waals surface area contributed by atoms with Crippen molar-refractivity contribution in [3.8, 4) is 0 Å². The molecule has 2 saturated heterocycles. The van der Waals surface area contributed by atoms with E-state index >= 15 is 0 Å². The van der Waals surface area contributed by atoms with E-state index in [1.54, 1.807) is 6.92 Å². The van der Waals surface area contributed by atoms with Crippen molar-refractivity contribution in [3.63, 3.8) is 0 Å². The van der Waals surface area contributed by atoms with Gasteiger partial charge in [0.15, 0.2) is 0 Å². The van der Waals surface area contributed by atoms with Gasteiger partial charge in [0, 0.05) is 12.5 Å². The van der Waals surface area contributed by atoms with E-state index in [0.29, 0.717) is 6.54 Å². The summed E-state index contributed by atoms with van der Waals surface area (Å²) in [5.41, 5.74) is 4.11. The van der Waals surface area contributed by atoms with Crippen LogP contribution in [0.3, 0.4) is 0 Å². The molecule has 2 aliphatic rings. The fourth-order valence-corrected chi connectivity index (χ4v) is 2.64. The number of amides is 4. The second-order valence-corrected chi connectivity index (χ2v) is 5.03. The summed E-state index contributed by atoms with van der Waals surface area (Å²) in [5, 5.41) is 5.91. The molecule has 2 heterocycles. The summed E-state index contributed by atoms with van der Waals surface area (Å²) in [6.45, 7) is 2.97. The molecule has 2 aliphatic heterocycles. The molecule has 0 saturated carbocycles. The van der Waals surface area contributed by atoms with Crippen LogP contribution in [0, 0.1) is 5.92 Å². The monoisotopic (exact) mass is 254 g/mol. The first kappa shape index (κ1) is 12.8. The predicted octanol–water partition coefficient (Wildman–Crippen LogP) is -1.22. The molecular formula is C11H18N4O3. The normalized spacial score (nSPS) is 32.5. The van der Waals surface area contributed by atoms with Crippen molar-refractivity contribution in [1.82, 2.24) is 15.5 Å². The highest BCUT2D eigenvalue weighted by Gasteiger charge is 2.52. The van der Waals surface area contributed by atoms with Crippen LogP contribution >= 0.6 is 0 Å². The van der Waals surface area contributed by atoms with Crippen LogP contribution in [0.25, 0.3) is 0 Å². The van der Waals surface area contributed by atoms with Gasteiger partial charge in [-0.1, -0.05) is 0 Å². The summed E-state index contributed by atoms with van der Waals surface area (Å²) in [6, 6.07) is -0.535. The third-order valence-corrected chi connectivity index (χ3v) is 3.73. The summed E-state index contributed by atoms with van der Waals surface area (Å²) in [4.78, 5) is 35.8. The summed E-state index contributed by atoms with van der Waals surface area (Å²) >= 11 is 0.